The maximum absolute atomic E-state index is 12.8. The zero-order valence-electron chi connectivity index (χ0n) is 21.1. The molecule has 1 fully saturated rings. The molecule has 36 heavy (non-hydrogen) atoms. The van der Waals surface area contributed by atoms with E-state index in [1.54, 1.807) is 6.92 Å². The smallest absolute Gasteiger partial charge is 0.227 e. The van der Waals surface area contributed by atoms with Gasteiger partial charge in [-0.25, -0.2) is 0 Å². The number of aliphatic hydroxyl groups is 1. The molecule has 2 unspecified atom stereocenters. The maximum Gasteiger partial charge on any atom is 0.227 e. The normalized spacial score (nSPS) is 18.5. The van der Waals surface area contributed by atoms with Crippen LogP contribution in [0.5, 0.6) is 5.75 Å². The molecule has 1 N–H and O–H groups in total. The van der Waals surface area contributed by atoms with Crippen LogP contribution in [0.1, 0.15) is 42.9 Å². The van der Waals surface area contributed by atoms with Crippen molar-refractivity contribution in [3.63, 3.8) is 0 Å². The predicted molar refractivity (Wildman–Crippen MR) is 143 cm³/mol. The van der Waals surface area contributed by atoms with Crippen LogP contribution in [0, 0.1) is 5.92 Å². The van der Waals surface area contributed by atoms with Gasteiger partial charge >= 0.3 is 0 Å². The van der Waals surface area contributed by atoms with Crippen molar-refractivity contribution >= 4 is 11.6 Å². The number of aliphatic hydroxyl groups excluding tert-OH is 1. The number of benzene rings is 3. The second kappa shape index (κ2) is 11.3. The minimum Gasteiger partial charge on any atom is -0.472 e. The van der Waals surface area contributed by atoms with Gasteiger partial charge in [-0.05, 0) is 61.8 Å². The molecule has 2 aliphatic rings. The van der Waals surface area contributed by atoms with E-state index < -0.39 is 12.3 Å². The Bertz CT molecular complexity index is 1140. The summed E-state index contributed by atoms with van der Waals surface area (Å²) in [5.41, 5.74) is 4.46. The summed E-state index contributed by atoms with van der Waals surface area (Å²) in [7, 11) is 0. The Morgan fingerprint density at radius 1 is 0.889 bits per heavy atom. The molecule has 5 rings (SSSR count). The molecule has 0 spiro atoms. The van der Waals surface area contributed by atoms with Crippen LogP contribution in [0.25, 0.3) is 0 Å². The van der Waals surface area contributed by atoms with Gasteiger partial charge < -0.3 is 14.7 Å². The first-order valence-corrected chi connectivity index (χ1v) is 13.2. The van der Waals surface area contributed by atoms with Gasteiger partial charge in [0, 0.05) is 25.1 Å². The maximum atomic E-state index is 12.8. The Balaban J connectivity index is 1.29. The third-order valence-corrected chi connectivity index (χ3v) is 7.51. The van der Waals surface area contributed by atoms with Crippen molar-refractivity contribution in [3.05, 3.63) is 95.6 Å². The third kappa shape index (κ3) is 5.63. The van der Waals surface area contributed by atoms with Crippen molar-refractivity contribution in [1.29, 1.82) is 0 Å². The van der Waals surface area contributed by atoms with E-state index in [2.05, 4.69) is 35.2 Å². The molecule has 5 heteroatoms. The molecule has 188 valence electrons. The van der Waals surface area contributed by atoms with Crippen molar-refractivity contribution in [2.75, 3.05) is 18.0 Å². The number of likely N-dealkylation sites (tertiary alicyclic amines) is 1. The average Bonchev–Trinajstić information content (AvgIpc) is 2.90. The van der Waals surface area contributed by atoms with Crippen LogP contribution in [-0.2, 0) is 24.2 Å². The first kappa shape index (κ1) is 24.5. The summed E-state index contributed by atoms with van der Waals surface area (Å²) in [5, 5.41) is 10.7. The second-order valence-electron chi connectivity index (χ2n) is 10.1. The summed E-state index contributed by atoms with van der Waals surface area (Å²) in [5.74, 6) is 1.56. The van der Waals surface area contributed by atoms with E-state index in [-0.39, 0.29) is 5.91 Å². The van der Waals surface area contributed by atoms with Gasteiger partial charge in [0.1, 0.15) is 11.9 Å². The lowest BCUT2D eigenvalue weighted by Gasteiger charge is -2.39. The summed E-state index contributed by atoms with van der Waals surface area (Å²) in [6.07, 6.45) is 3.37. The molecule has 0 aliphatic carbocycles. The zero-order chi connectivity index (χ0) is 24.9. The topological polar surface area (TPSA) is 53.0 Å². The molecule has 1 saturated heterocycles. The summed E-state index contributed by atoms with van der Waals surface area (Å²) in [6.45, 7) is 4.16. The number of nitrogens with zero attached hydrogens (tertiary/aromatic N) is 2. The van der Waals surface area contributed by atoms with Gasteiger partial charge in [-0.15, -0.1) is 0 Å². The fourth-order valence-corrected chi connectivity index (χ4v) is 5.58. The number of hydrogen-bond donors (Lipinski definition) is 1. The lowest BCUT2D eigenvalue weighted by atomic mass is 9.90. The highest BCUT2D eigenvalue weighted by Crippen LogP contribution is 2.37. The molecule has 5 nitrogen and oxygen atoms in total. The standard InChI is InChI=1S/C31H36N2O3/c1-23(34)31(32-19-17-25(18-20-32)21-24-9-4-2-5-10-24)36-29-14-8-13-28-27(29)15-16-30(35)33(28)22-26-11-6-3-7-12-26/h2-14,23,25,31,34H,15-22H2,1H3. The van der Waals surface area contributed by atoms with Crippen molar-refractivity contribution < 1.29 is 14.6 Å². The Labute approximate surface area is 214 Å². The van der Waals surface area contributed by atoms with Gasteiger partial charge in [0.05, 0.1) is 12.2 Å². The number of fused-ring (bicyclic) bond motifs is 1. The van der Waals surface area contributed by atoms with Crippen LogP contribution in [0.2, 0.25) is 0 Å². The number of carbonyl (C=O) groups excluding carboxylic acids is 1. The molecule has 1 amide bonds. The molecule has 2 aliphatic heterocycles. The molecule has 2 heterocycles. The summed E-state index contributed by atoms with van der Waals surface area (Å²) < 4.78 is 6.54. The highest BCUT2D eigenvalue weighted by Gasteiger charge is 2.32. The fraction of sp³-hybridized carbons (Fsp3) is 0.387. The number of anilines is 1. The Kier molecular flexibility index (Phi) is 7.69. The molecule has 3 aromatic carbocycles. The van der Waals surface area contributed by atoms with E-state index >= 15 is 0 Å². The molecular weight excluding hydrogens is 448 g/mol. The fourth-order valence-electron chi connectivity index (χ4n) is 5.58. The minimum absolute atomic E-state index is 0.135. The van der Waals surface area contributed by atoms with E-state index in [4.69, 9.17) is 4.74 Å². The number of amides is 1. The number of ether oxygens (including phenoxy) is 1. The van der Waals surface area contributed by atoms with E-state index in [1.165, 1.54) is 5.56 Å². The quantitative estimate of drug-likeness (QED) is 0.477. The first-order chi connectivity index (χ1) is 17.6. The van der Waals surface area contributed by atoms with Crippen LogP contribution < -0.4 is 9.64 Å². The van der Waals surface area contributed by atoms with Crippen molar-refractivity contribution in [1.82, 2.24) is 4.90 Å². The van der Waals surface area contributed by atoms with E-state index in [1.807, 2.05) is 53.4 Å². The van der Waals surface area contributed by atoms with Crippen LogP contribution in [0.3, 0.4) is 0 Å². The lowest BCUT2D eigenvalue weighted by molar-refractivity contribution is -0.119. The number of carbonyl (C=O) groups is 1. The Morgan fingerprint density at radius 2 is 1.56 bits per heavy atom. The van der Waals surface area contributed by atoms with Crippen LogP contribution in [0.4, 0.5) is 5.69 Å². The van der Waals surface area contributed by atoms with E-state index in [9.17, 15) is 9.90 Å². The second-order valence-corrected chi connectivity index (χ2v) is 10.1. The Morgan fingerprint density at radius 3 is 2.22 bits per heavy atom. The van der Waals surface area contributed by atoms with Gasteiger partial charge in [-0.3, -0.25) is 9.69 Å². The van der Waals surface area contributed by atoms with Crippen LogP contribution in [0.15, 0.2) is 78.9 Å². The highest BCUT2D eigenvalue weighted by atomic mass is 16.5. The number of hydrogen-bond acceptors (Lipinski definition) is 4. The Hall–Kier alpha value is -3.15. The largest absolute Gasteiger partial charge is 0.472 e. The van der Waals surface area contributed by atoms with Crippen molar-refractivity contribution in [2.24, 2.45) is 5.92 Å². The van der Waals surface area contributed by atoms with E-state index in [0.717, 1.165) is 54.9 Å². The van der Waals surface area contributed by atoms with Gasteiger partial charge in [-0.2, -0.15) is 0 Å². The minimum atomic E-state index is -0.628. The summed E-state index contributed by atoms with van der Waals surface area (Å²) >= 11 is 0. The molecule has 0 aromatic heterocycles. The summed E-state index contributed by atoms with van der Waals surface area (Å²) in [4.78, 5) is 17.0. The zero-order valence-corrected chi connectivity index (χ0v) is 21.1. The van der Waals surface area contributed by atoms with Crippen LogP contribution in [-0.4, -0.2) is 41.3 Å². The summed E-state index contributed by atoms with van der Waals surface area (Å²) in [6, 6.07) is 26.7. The van der Waals surface area contributed by atoms with Gasteiger partial charge in [0.2, 0.25) is 5.91 Å². The molecule has 0 bridgehead atoms. The third-order valence-electron chi connectivity index (χ3n) is 7.51. The monoisotopic (exact) mass is 484 g/mol. The first-order valence-electron chi connectivity index (χ1n) is 13.2. The predicted octanol–water partition coefficient (Wildman–Crippen LogP) is 5.21. The molecular formula is C31H36N2O3. The van der Waals surface area contributed by atoms with Crippen molar-refractivity contribution in [2.45, 2.75) is 57.9 Å². The highest BCUT2D eigenvalue weighted by molar-refractivity contribution is 5.96. The molecule has 0 radical (unpaired) electrons. The molecule has 2 atom stereocenters. The molecule has 3 aromatic rings. The van der Waals surface area contributed by atoms with Crippen molar-refractivity contribution in [3.8, 4) is 5.75 Å². The van der Waals surface area contributed by atoms with Gasteiger partial charge in [0.25, 0.3) is 0 Å². The van der Waals surface area contributed by atoms with E-state index in [0.29, 0.717) is 25.3 Å². The van der Waals surface area contributed by atoms with Gasteiger partial charge in [0.15, 0.2) is 6.23 Å². The lowest BCUT2D eigenvalue weighted by Crippen LogP contribution is -2.50. The molecule has 0 saturated carbocycles. The SMILES string of the molecule is CC(O)C(Oc1cccc2c1CCC(=O)N2Cc1ccccc1)N1CCC(Cc2ccccc2)CC1. The number of piperidine rings is 1. The average molecular weight is 485 g/mol. The number of rotatable bonds is 8. The van der Waals surface area contributed by atoms with Crippen LogP contribution >= 0.6 is 0 Å². The van der Waals surface area contributed by atoms with Gasteiger partial charge in [-0.1, -0.05) is 66.7 Å².